The molecule has 4 nitrogen and oxygen atoms in total. The van der Waals surface area contributed by atoms with E-state index in [4.69, 9.17) is 11.6 Å². The fourth-order valence-electron chi connectivity index (χ4n) is 1.33. The molecular weight excluding hydrogens is 315 g/mol. The van der Waals surface area contributed by atoms with Gasteiger partial charge in [0.2, 0.25) is 9.81 Å². The van der Waals surface area contributed by atoms with Crippen molar-refractivity contribution < 1.29 is 18.0 Å². The van der Waals surface area contributed by atoms with Gasteiger partial charge >= 0.3 is 6.18 Å². The van der Waals surface area contributed by atoms with Crippen LogP contribution < -0.4 is 4.80 Å². The summed E-state index contributed by atoms with van der Waals surface area (Å²) >= 11 is 6.03. The third-order valence-electron chi connectivity index (χ3n) is 2.22. The summed E-state index contributed by atoms with van der Waals surface area (Å²) in [5.74, 6) is -0.680. The van der Waals surface area contributed by atoms with E-state index in [1.54, 1.807) is 12.1 Å². The predicted octanol–water partition coefficient (Wildman–Crippen LogP) is 2.89. The summed E-state index contributed by atoms with van der Waals surface area (Å²) in [5, 5.41) is 2.57. The number of carbonyl (C=O) groups is 1. The van der Waals surface area contributed by atoms with Gasteiger partial charge in [-0.25, -0.2) is 4.68 Å². The monoisotopic (exact) mass is 321 g/mol. The summed E-state index contributed by atoms with van der Waals surface area (Å²) < 4.78 is 38.4. The van der Waals surface area contributed by atoms with E-state index in [1.165, 1.54) is 19.2 Å². The van der Waals surface area contributed by atoms with Crippen molar-refractivity contribution in [2.45, 2.75) is 6.18 Å². The average Bonchev–Trinajstić information content (AvgIpc) is 2.71. The molecule has 20 heavy (non-hydrogen) atoms. The summed E-state index contributed by atoms with van der Waals surface area (Å²) in [6, 6.07) is 5.99. The van der Waals surface area contributed by atoms with Gasteiger partial charge in [0.15, 0.2) is 0 Å². The summed E-state index contributed by atoms with van der Waals surface area (Å²) in [5.41, 5.74) is 0.194. The molecule has 0 aliphatic heterocycles. The van der Waals surface area contributed by atoms with Crippen LogP contribution in [-0.2, 0) is 13.2 Å². The molecule has 0 saturated heterocycles. The quantitative estimate of drug-likeness (QED) is 0.811. The Morgan fingerprint density at radius 1 is 1.45 bits per heavy atom. The van der Waals surface area contributed by atoms with E-state index < -0.39 is 17.1 Å². The lowest BCUT2D eigenvalue weighted by molar-refractivity contribution is -0.138. The van der Waals surface area contributed by atoms with Gasteiger partial charge in [-0.1, -0.05) is 29.0 Å². The topological polar surface area (TPSA) is 47.2 Å². The molecule has 9 heteroatoms. The molecule has 2 aromatic rings. The Morgan fingerprint density at radius 2 is 2.15 bits per heavy atom. The fraction of sp³-hybridized carbons (Fsp3) is 0.182. The Bertz CT molecular complexity index is 720. The minimum absolute atomic E-state index is 0.137. The highest BCUT2D eigenvalue weighted by molar-refractivity contribution is 7.09. The first kappa shape index (κ1) is 14.7. The highest BCUT2D eigenvalue weighted by Crippen LogP contribution is 2.28. The van der Waals surface area contributed by atoms with E-state index >= 15 is 0 Å². The number of nitrogens with zero attached hydrogens (tertiary/aromatic N) is 3. The second-order valence-electron chi connectivity index (χ2n) is 3.74. The highest BCUT2D eigenvalue weighted by Gasteiger charge is 2.35. The zero-order chi connectivity index (χ0) is 14.9. The third-order valence-corrected chi connectivity index (χ3v) is 3.50. The van der Waals surface area contributed by atoms with Crippen molar-refractivity contribution in [1.82, 2.24) is 9.78 Å². The number of aromatic nitrogens is 2. The van der Waals surface area contributed by atoms with Crippen LogP contribution in [0.25, 0.3) is 0 Å². The molecular formula is C11H7ClF3N3OS. The molecule has 0 bridgehead atoms. The molecule has 0 atom stereocenters. The lowest BCUT2D eigenvalue weighted by Gasteiger charge is -1.97. The van der Waals surface area contributed by atoms with Crippen molar-refractivity contribution in [3.63, 3.8) is 0 Å². The standard InChI is InChI=1S/C11H7ClF3N3OS/c1-18-10(20-9(17-18)11(13,14)15)16-8(19)6-3-2-4-7(12)5-6/h2-5H,1H3. The number of hydrogen-bond acceptors (Lipinski definition) is 3. The van der Waals surface area contributed by atoms with Crippen molar-refractivity contribution in [3.05, 3.63) is 44.7 Å². The van der Waals surface area contributed by atoms with E-state index in [0.717, 1.165) is 4.68 Å². The molecule has 0 unspecified atom stereocenters. The van der Waals surface area contributed by atoms with Gasteiger partial charge in [0.1, 0.15) is 0 Å². The van der Waals surface area contributed by atoms with E-state index in [2.05, 4.69) is 10.1 Å². The van der Waals surface area contributed by atoms with Crippen molar-refractivity contribution in [2.24, 2.45) is 12.0 Å². The minimum atomic E-state index is -4.56. The van der Waals surface area contributed by atoms with Gasteiger partial charge in [0, 0.05) is 17.6 Å². The third kappa shape index (κ3) is 3.26. The molecule has 0 aliphatic carbocycles. The molecule has 0 spiro atoms. The van der Waals surface area contributed by atoms with Crippen LogP contribution >= 0.6 is 22.9 Å². The van der Waals surface area contributed by atoms with Gasteiger partial charge in [-0.15, -0.1) is 0 Å². The number of rotatable bonds is 1. The van der Waals surface area contributed by atoms with Crippen LogP contribution in [0.1, 0.15) is 15.4 Å². The first-order valence-corrected chi connectivity index (χ1v) is 6.43. The maximum Gasteiger partial charge on any atom is 0.445 e. The Morgan fingerprint density at radius 3 is 2.70 bits per heavy atom. The van der Waals surface area contributed by atoms with Crippen LogP contribution in [0.3, 0.4) is 0 Å². The van der Waals surface area contributed by atoms with Gasteiger partial charge in [-0.2, -0.15) is 23.3 Å². The van der Waals surface area contributed by atoms with Crippen molar-refractivity contribution in [1.29, 1.82) is 0 Å². The molecule has 1 aromatic carbocycles. The van der Waals surface area contributed by atoms with Crippen molar-refractivity contribution >= 4 is 28.8 Å². The summed E-state index contributed by atoms with van der Waals surface area (Å²) in [7, 11) is 1.29. The Balaban J connectivity index is 2.41. The van der Waals surface area contributed by atoms with E-state index in [1.807, 2.05) is 0 Å². The zero-order valence-electron chi connectivity index (χ0n) is 9.98. The van der Waals surface area contributed by atoms with Crippen LogP contribution in [0.15, 0.2) is 29.3 Å². The van der Waals surface area contributed by atoms with E-state index in [0.29, 0.717) is 16.4 Å². The van der Waals surface area contributed by atoms with Gasteiger partial charge in [0.05, 0.1) is 0 Å². The molecule has 106 valence electrons. The number of benzene rings is 1. The van der Waals surface area contributed by atoms with E-state index in [-0.39, 0.29) is 10.4 Å². The second kappa shape index (κ2) is 5.37. The average molecular weight is 322 g/mol. The smallest absolute Gasteiger partial charge is 0.267 e. The maximum atomic E-state index is 12.5. The lowest BCUT2D eigenvalue weighted by atomic mass is 10.2. The number of amides is 1. The molecule has 0 N–H and O–H groups in total. The van der Waals surface area contributed by atoms with Crippen LogP contribution in [0.4, 0.5) is 13.2 Å². The molecule has 1 heterocycles. The Kier molecular flexibility index (Phi) is 3.96. The van der Waals surface area contributed by atoms with E-state index in [9.17, 15) is 18.0 Å². The molecule has 0 fully saturated rings. The number of aryl methyl sites for hydroxylation is 1. The first-order valence-electron chi connectivity index (χ1n) is 5.23. The Labute approximate surface area is 120 Å². The minimum Gasteiger partial charge on any atom is -0.267 e. The van der Waals surface area contributed by atoms with Crippen LogP contribution in [0, 0.1) is 0 Å². The van der Waals surface area contributed by atoms with Gasteiger partial charge in [0.25, 0.3) is 5.91 Å². The highest BCUT2D eigenvalue weighted by atomic mass is 35.5. The first-order chi connectivity index (χ1) is 9.27. The SMILES string of the molecule is Cn1nc(C(F)(F)F)sc1=NC(=O)c1cccc(Cl)c1. The molecule has 1 aromatic heterocycles. The molecule has 0 aliphatic rings. The molecule has 0 saturated carbocycles. The van der Waals surface area contributed by atoms with Crippen LogP contribution in [-0.4, -0.2) is 15.7 Å². The maximum absolute atomic E-state index is 12.5. The van der Waals surface area contributed by atoms with Crippen molar-refractivity contribution in [3.8, 4) is 0 Å². The normalized spacial score (nSPS) is 12.8. The van der Waals surface area contributed by atoms with Crippen LogP contribution in [0.5, 0.6) is 0 Å². The van der Waals surface area contributed by atoms with Crippen LogP contribution in [0.2, 0.25) is 5.02 Å². The van der Waals surface area contributed by atoms with Gasteiger partial charge in [-0.3, -0.25) is 4.79 Å². The fourth-order valence-corrected chi connectivity index (χ4v) is 2.28. The molecule has 2 rings (SSSR count). The lowest BCUT2D eigenvalue weighted by Crippen LogP contribution is -2.14. The number of alkyl halides is 3. The number of halogens is 4. The molecule has 1 amide bonds. The summed E-state index contributed by atoms with van der Waals surface area (Å²) in [4.78, 5) is 15.3. The Hall–Kier alpha value is -1.67. The van der Waals surface area contributed by atoms with Crippen molar-refractivity contribution in [2.75, 3.05) is 0 Å². The molecule has 0 radical (unpaired) electrons. The number of hydrogen-bond donors (Lipinski definition) is 0. The predicted molar refractivity (Wildman–Crippen MR) is 67.4 cm³/mol. The number of carbonyl (C=O) groups excluding carboxylic acids is 1. The summed E-state index contributed by atoms with van der Waals surface area (Å²) in [6.45, 7) is 0. The van der Waals surface area contributed by atoms with Gasteiger partial charge < -0.3 is 0 Å². The second-order valence-corrected chi connectivity index (χ2v) is 5.13. The zero-order valence-corrected chi connectivity index (χ0v) is 11.6. The van der Waals surface area contributed by atoms with Gasteiger partial charge in [-0.05, 0) is 18.2 Å². The summed E-state index contributed by atoms with van der Waals surface area (Å²) in [6.07, 6.45) is -4.56. The largest absolute Gasteiger partial charge is 0.445 e.